The van der Waals surface area contributed by atoms with Crippen LogP contribution in [0, 0.1) is 11.8 Å². The molecule has 0 aromatic carbocycles. The van der Waals surface area contributed by atoms with Gasteiger partial charge in [-0.3, -0.25) is 4.90 Å². The van der Waals surface area contributed by atoms with Gasteiger partial charge in [-0.05, 0) is 50.6 Å². The quantitative estimate of drug-likeness (QED) is 0.759. The Hall–Kier alpha value is -0.120. The molecule has 19 heavy (non-hydrogen) atoms. The van der Waals surface area contributed by atoms with Gasteiger partial charge in [-0.15, -0.1) is 0 Å². The van der Waals surface area contributed by atoms with E-state index in [1.165, 1.54) is 58.4 Å². The summed E-state index contributed by atoms with van der Waals surface area (Å²) in [5.41, 5.74) is 0. The topological polar surface area (TPSA) is 15.7 Å². The predicted molar refractivity (Wildman–Crippen MR) is 78.3 cm³/mol. The fourth-order valence-corrected chi connectivity index (χ4v) is 4.21. The Labute approximate surface area is 118 Å². The van der Waals surface area contributed by atoms with Crippen LogP contribution >= 0.6 is 0 Å². The molecule has 0 saturated carbocycles. The third-order valence-corrected chi connectivity index (χ3v) is 5.15. The molecule has 3 heteroatoms. The van der Waals surface area contributed by atoms with Crippen molar-refractivity contribution in [2.75, 3.05) is 39.3 Å². The van der Waals surface area contributed by atoms with Crippen molar-refractivity contribution < 1.29 is 4.74 Å². The Kier molecular flexibility index (Phi) is 4.45. The van der Waals surface area contributed by atoms with E-state index in [9.17, 15) is 0 Å². The summed E-state index contributed by atoms with van der Waals surface area (Å²) in [7, 11) is 0. The second-order valence-corrected chi connectivity index (χ2v) is 7.19. The molecule has 0 radical (unpaired) electrons. The zero-order chi connectivity index (χ0) is 13.2. The van der Waals surface area contributed by atoms with Gasteiger partial charge in [0.2, 0.25) is 0 Å². The Balaban J connectivity index is 1.63. The lowest BCUT2D eigenvalue weighted by molar-refractivity contribution is -0.0228. The molecule has 2 bridgehead atoms. The van der Waals surface area contributed by atoms with Crippen LogP contribution in [0.5, 0.6) is 0 Å². The standard InChI is InChI=1S/C16H30N2O/c1-13(2)10-18(11-15-4-3-9-19-15)16-12-17-7-5-14(16)6-8-17/h13-16H,3-12H2,1-2H3/t15-,16+/m1/s1. The van der Waals surface area contributed by atoms with Gasteiger partial charge in [0, 0.05) is 32.3 Å². The van der Waals surface area contributed by atoms with Crippen molar-refractivity contribution in [1.82, 2.24) is 9.80 Å². The van der Waals surface area contributed by atoms with E-state index in [2.05, 4.69) is 23.6 Å². The largest absolute Gasteiger partial charge is 0.377 e. The van der Waals surface area contributed by atoms with Gasteiger partial charge in [0.1, 0.15) is 0 Å². The highest BCUT2D eigenvalue weighted by Gasteiger charge is 2.38. The second-order valence-electron chi connectivity index (χ2n) is 7.19. The first-order valence-electron chi connectivity index (χ1n) is 8.30. The van der Waals surface area contributed by atoms with Crippen LogP contribution in [0.25, 0.3) is 0 Å². The normalized spacial score (nSPS) is 38.5. The van der Waals surface area contributed by atoms with Crippen LogP contribution in [0.4, 0.5) is 0 Å². The fourth-order valence-electron chi connectivity index (χ4n) is 4.21. The summed E-state index contributed by atoms with van der Waals surface area (Å²) >= 11 is 0. The maximum absolute atomic E-state index is 5.88. The molecule has 4 rings (SSSR count). The highest BCUT2D eigenvalue weighted by molar-refractivity contribution is 4.93. The van der Waals surface area contributed by atoms with Gasteiger partial charge in [-0.25, -0.2) is 0 Å². The van der Waals surface area contributed by atoms with Crippen LogP contribution in [0.2, 0.25) is 0 Å². The van der Waals surface area contributed by atoms with E-state index in [0.29, 0.717) is 6.10 Å². The van der Waals surface area contributed by atoms with Crippen LogP contribution in [0.3, 0.4) is 0 Å². The number of hydrogen-bond acceptors (Lipinski definition) is 3. The van der Waals surface area contributed by atoms with Crippen LogP contribution in [-0.2, 0) is 4.74 Å². The van der Waals surface area contributed by atoms with Crippen molar-refractivity contribution in [2.45, 2.75) is 51.7 Å². The third kappa shape index (κ3) is 3.32. The number of hydrogen-bond donors (Lipinski definition) is 0. The molecule has 4 saturated heterocycles. The molecule has 0 aromatic rings. The van der Waals surface area contributed by atoms with Crippen LogP contribution < -0.4 is 0 Å². The highest BCUT2D eigenvalue weighted by Crippen LogP contribution is 2.32. The molecule has 4 aliphatic rings. The minimum atomic E-state index is 0.509. The molecule has 2 atom stereocenters. The van der Waals surface area contributed by atoms with Gasteiger partial charge in [0.25, 0.3) is 0 Å². The van der Waals surface area contributed by atoms with Crippen LogP contribution in [0.1, 0.15) is 39.5 Å². The molecule has 0 N–H and O–H groups in total. The summed E-state index contributed by atoms with van der Waals surface area (Å²) in [6.07, 6.45) is 5.89. The first kappa shape index (κ1) is 13.8. The Bertz CT molecular complexity index is 280. The summed E-state index contributed by atoms with van der Waals surface area (Å²) in [5, 5.41) is 0. The summed E-state index contributed by atoms with van der Waals surface area (Å²) < 4.78 is 5.88. The van der Waals surface area contributed by atoms with Gasteiger partial charge in [-0.1, -0.05) is 13.8 Å². The number of rotatable bonds is 5. The maximum Gasteiger partial charge on any atom is 0.0702 e. The minimum Gasteiger partial charge on any atom is -0.377 e. The summed E-state index contributed by atoms with van der Waals surface area (Å²) in [4.78, 5) is 5.45. The van der Waals surface area contributed by atoms with E-state index in [1.807, 2.05) is 0 Å². The first-order valence-corrected chi connectivity index (χ1v) is 8.30. The van der Waals surface area contributed by atoms with Crippen molar-refractivity contribution in [3.63, 3.8) is 0 Å². The van der Waals surface area contributed by atoms with Crippen LogP contribution in [-0.4, -0.2) is 61.3 Å². The maximum atomic E-state index is 5.88. The van der Waals surface area contributed by atoms with Crippen molar-refractivity contribution in [2.24, 2.45) is 11.8 Å². The average molecular weight is 266 g/mol. The van der Waals surface area contributed by atoms with E-state index >= 15 is 0 Å². The van der Waals surface area contributed by atoms with E-state index in [1.54, 1.807) is 0 Å². The summed E-state index contributed by atoms with van der Waals surface area (Å²) in [6, 6.07) is 0.800. The fraction of sp³-hybridized carbons (Fsp3) is 1.00. The lowest BCUT2D eigenvalue weighted by Gasteiger charge is -2.50. The number of ether oxygens (including phenoxy) is 1. The second kappa shape index (κ2) is 6.11. The summed E-state index contributed by atoms with van der Waals surface area (Å²) in [5.74, 6) is 1.71. The van der Waals surface area contributed by atoms with Crippen molar-refractivity contribution >= 4 is 0 Å². The van der Waals surface area contributed by atoms with Gasteiger partial charge >= 0.3 is 0 Å². The Morgan fingerprint density at radius 1 is 1.21 bits per heavy atom. The van der Waals surface area contributed by atoms with Crippen molar-refractivity contribution in [3.05, 3.63) is 0 Å². The minimum absolute atomic E-state index is 0.509. The molecule has 0 amide bonds. The molecule has 4 heterocycles. The SMILES string of the molecule is CC(C)CN(C[C@H]1CCCO1)[C@H]1CN2CCC1CC2. The molecule has 0 unspecified atom stereocenters. The summed E-state index contributed by atoms with van der Waals surface area (Å²) in [6.45, 7) is 12.1. The van der Waals surface area contributed by atoms with Gasteiger partial charge in [0.15, 0.2) is 0 Å². The molecular formula is C16H30N2O. The molecule has 4 fully saturated rings. The predicted octanol–water partition coefficient (Wildman–Crippen LogP) is 2.22. The zero-order valence-corrected chi connectivity index (χ0v) is 12.7. The van der Waals surface area contributed by atoms with Crippen LogP contribution in [0.15, 0.2) is 0 Å². The molecule has 0 aliphatic carbocycles. The Morgan fingerprint density at radius 2 is 2.00 bits per heavy atom. The van der Waals surface area contributed by atoms with Crippen molar-refractivity contribution in [1.29, 1.82) is 0 Å². The molecule has 0 spiro atoms. The van der Waals surface area contributed by atoms with E-state index in [4.69, 9.17) is 4.74 Å². The lowest BCUT2D eigenvalue weighted by Crippen LogP contribution is -2.59. The molecule has 0 aromatic heterocycles. The first-order chi connectivity index (χ1) is 9.22. The monoisotopic (exact) mass is 266 g/mol. The average Bonchev–Trinajstić information content (AvgIpc) is 2.92. The molecule has 110 valence electrons. The zero-order valence-electron chi connectivity index (χ0n) is 12.7. The molecule has 4 aliphatic heterocycles. The Morgan fingerprint density at radius 3 is 2.53 bits per heavy atom. The lowest BCUT2D eigenvalue weighted by atomic mass is 9.82. The van der Waals surface area contributed by atoms with Crippen molar-refractivity contribution in [3.8, 4) is 0 Å². The smallest absolute Gasteiger partial charge is 0.0702 e. The van der Waals surface area contributed by atoms with E-state index in [0.717, 1.165) is 24.5 Å². The van der Waals surface area contributed by atoms with Gasteiger partial charge < -0.3 is 9.64 Å². The molecular weight excluding hydrogens is 236 g/mol. The van der Waals surface area contributed by atoms with E-state index < -0.39 is 0 Å². The number of nitrogens with zero attached hydrogens (tertiary/aromatic N) is 2. The van der Waals surface area contributed by atoms with Gasteiger partial charge in [0.05, 0.1) is 6.10 Å². The van der Waals surface area contributed by atoms with E-state index in [-0.39, 0.29) is 0 Å². The third-order valence-electron chi connectivity index (χ3n) is 5.15. The molecule has 3 nitrogen and oxygen atoms in total. The number of fused-ring (bicyclic) bond motifs is 3. The highest BCUT2D eigenvalue weighted by atomic mass is 16.5. The number of piperidine rings is 3. The van der Waals surface area contributed by atoms with Gasteiger partial charge in [-0.2, -0.15) is 0 Å².